The number of rotatable bonds is 1. The second-order valence-corrected chi connectivity index (χ2v) is 4.25. The second-order valence-electron chi connectivity index (χ2n) is 3.09. The Morgan fingerprint density at radius 2 is 2.25 bits per heavy atom. The van der Waals surface area contributed by atoms with Crippen LogP contribution in [0.1, 0.15) is 31.0 Å². The molecular formula is C8H10IN3. The van der Waals surface area contributed by atoms with Gasteiger partial charge in [0, 0.05) is 12.1 Å². The van der Waals surface area contributed by atoms with Crippen LogP contribution in [0.25, 0.3) is 0 Å². The molecule has 0 spiro atoms. The summed E-state index contributed by atoms with van der Waals surface area (Å²) in [6.07, 6.45) is 5.55. The molecule has 64 valence electrons. The van der Waals surface area contributed by atoms with Crippen molar-refractivity contribution in [3.05, 3.63) is 15.6 Å². The average molecular weight is 275 g/mol. The smallest absolute Gasteiger partial charge is 0.140 e. The van der Waals surface area contributed by atoms with Crippen LogP contribution in [0.4, 0.5) is 5.82 Å². The van der Waals surface area contributed by atoms with E-state index in [1.165, 1.54) is 19.3 Å². The maximum atomic E-state index is 5.68. The van der Waals surface area contributed by atoms with Gasteiger partial charge in [0.05, 0.1) is 3.57 Å². The summed E-state index contributed by atoms with van der Waals surface area (Å²) in [6.45, 7) is 0. The van der Waals surface area contributed by atoms with E-state index in [1.54, 1.807) is 6.20 Å². The highest BCUT2D eigenvalue weighted by Gasteiger charge is 2.22. The Labute approximate surface area is 84.9 Å². The molecule has 0 aliphatic heterocycles. The molecule has 0 atom stereocenters. The van der Waals surface area contributed by atoms with Gasteiger partial charge in [-0.05, 0) is 35.4 Å². The third-order valence-corrected chi connectivity index (χ3v) is 3.09. The highest BCUT2D eigenvalue weighted by atomic mass is 127. The lowest BCUT2D eigenvalue weighted by atomic mass is 9.85. The Balaban J connectivity index is 2.27. The quantitative estimate of drug-likeness (QED) is 0.797. The minimum absolute atomic E-state index is 0.573. The fourth-order valence-electron chi connectivity index (χ4n) is 1.26. The number of nitrogens with two attached hydrogens (primary N) is 1. The lowest BCUT2D eigenvalue weighted by molar-refractivity contribution is 0.401. The van der Waals surface area contributed by atoms with E-state index >= 15 is 0 Å². The Hall–Kier alpha value is -0.390. The van der Waals surface area contributed by atoms with Gasteiger partial charge in [0.25, 0.3) is 0 Å². The van der Waals surface area contributed by atoms with Crippen molar-refractivity contribution in [2.24, 2.45) is 0 Å². The Bertz CT molecular complexity index is 296. The number of nitrogen functional groups attached to an aromatic ring is 1. The molecular weight excluding hydrogens is 265 g/mol. The fourth-order valence-corrected chi connectivity index (χ4v) is 1.52. The molecule has 1 fully saturated rings. The Morgan fingerprint density at radius 1 is 1.50 bits per heavy atom. The van der Waals surface area contributed by atoms with Gasteiger partial charge < -0.3 is 5.73 Å². The summed E-state index contributed by atoms with van der Waals surface area (Å²) in [4.78, 5) is 8.52. The van der Waals surface area contributed by atoms with E-state index in [0.29, 0.717) is 11.7 Å². The second kappa shape index (κ2) is 3.16. The van der Waals surface area contributed by atoms with E-state index in [1.807, 2.05) is 0 Å². The maximum absolute atomic E-state index is 5.68. The first-order valence-corrected chi connectivity index (χ1v) is 5.13. The summed E-state index contributed by atoms with van der Waals surface area (Å²) < 4.78 is 0.940. The van der Waals surface area contributed by atoms with Crippen molar-refractivity contribution in [2.45, 2.75) is 25.2 Å². The van der Waals surface area contributed by atoms with Crippen LogP contribution in [-0.2, 0) is 0 Å². The lowest BCUT2D eigenvalue weighted by Crippen LogP contribution is -2.13. The monoisotopic (exact) mass is 275 g/mol. The fraction of sp³-hybridized carbons (Fsp3) is 0.500. The largest absolute Gasteiger partial charge is 0.383 e. The van der Waals surface area contributed by atoms with Crippen molar-refractivity contribution < 1.29 is 0 Å². The number of hydrogen-bond donors (Lipinski definition) is 1. The number of anilines is 1. The van der Waals surface area contributed by atoms with Crippen LogP contribution in [0, 0.1) is 3.57 Å². The molecule has 0 radical (unpaired) electrons. The number of halogens is 1. The van der Waals surface area contributed by atoms with E-state index in [4.69, 9.17) is 5.73 Å². The van der Waals surface area contributed by atoms with Crippen molar-refractivity contribution in [3.8, 4) is 0 Å². The van der Waals surface area contributed by atoms with Crippen LogP contribution in [-0.4, -0.2) is 9.97 Å². The van der Waals surface area contributed by atoms with Gasteiger partial charge in [-0.1, -0.05) is 6.42 Å². The van der Waals surface area contributed by atoms with Crippen LogP contribution in [0.2, 0.25) is 0 Å². The molecule has 1 aliphatic rings. The van der Waals surface area contributed by atoms with Crippen LogP contribution in [0.5, 0.6) is 0 Å². The van der Waals surface area contributed by atoms with Crippen molar-refractivity contribution in [3.63, 3.8) is 0 Å². The van der Waals surface area contributed by atoms with Gasteiger partial charge in [-0.15, -0.1) is 0 Å². The molecule has 1 aromatic rings. The zero-order valence-corrected chi connectivity index (χ0v) is 8.78. The first-order valence-electron chi connectivity index (χ1n) is 4.05. The first-order chi connectivity index (χ1) is 5.77. The van der Waals surface area contributed by atoms with Gasteiger partial charge in [0.15, 0.2) is 0 Å². The molecule has 0 saturated heterocycles. The van der Waals surface area contributed by atoms with Gasteiger partial charge in [0.1, 0.15) is 11.6 Å². The highest BCUT2D eigenvalue weighted by Crippen LogP contribution is 2.34. The van der Waals surface area contributed by atoms with Gasteiger partial charge in [-0.2, -0.15) is 0 Å². The van der Waals surface area contributed by atoms with Crippen LogP contribution in [0.3, 0.4) is 0 Å². The zero-order valence-electron chi connectivity index (χ0n) is 6.63. The molecule has 2 N–H and O–H groups in total. The SMILES string of the molecule is Nc1nc(C2CCC2)ncc1I. The molecule has 0 bridgehead atoms. The summed E-state index contributed by atoms with van der Waals surface area (Å²) in [5.41, 5.74) is 5.68. The molecule has 4 heteroatoms. The first kappa shape index (κ1) is 8.22. The molecule has 1 saturated carbocycles. The van der Waals surface area contributed by atoms with Crippen LogP contribution in [0.15, 0.2) is 6.20 Å². The molecule has 1 aliphatic carbocycles. The lowest BCUT2D eigenvalue weighted by Gasteiger charge is -2.23. The van der Waals surface area contributed by atoms with Gasteiger partial charge in [0.2, 0.25) is 0 Å². The number of aromatic nitrogens is 2. The standard InChI is InChI=1S/C8H10IN3/c9-6-4-11-8(12-7(6)10)5-2-1-3-5/h4-5H,1-3H2,(H2,10,11,12). The third-order valence-electron chi connectivity index (χ3n) is 2.26. The van der Waals surface area contributed by atoms with E-state index in [9.17, 15) is 0 Å². The van der Waals surface area contributed by atoms with E-state index in [2.05, 4.69) is 32.6 Å². The summed E-state index contributed by atoms with van der Waals surface area (Å²) in [6, 6.07) is 0. The van der Waals surface area contributed by atoms with Crippen molar-refractivity contribution >= 4 is 28.4 Å². The highest BCUT2D eigenvalue weighted by molar-refractivity contribution is 14.1. The maximum Gasteiger partial charge on any atom is 0.140 e. The van der Waals surface area contributed by atoms with Crippen LogP contribution >= 0.6 is 22.6 Å². The van der Waals surface area contributed by atoms with Crippen molar-refractivity contribution in [1.82, 2.24) is 9.97 Å². The average Bonchev–Trinajstić information content (AvgIpc) is 1.93. The van der Waals surface area contributed by atoms with Gasteiger partial charge in [-0.3, -0.25) is 0 Å². The van der Waals surface area contributed by atoms with E-state index in [-0.39, 0.29) is 0 Å². The molecule has 3 nitrogen and oxygen atoms in total. The minimum atomic E-state index is 0.573. The Morgan fingerprint density at radius 3 is 2.75 bits per heavy atom. The van der Waals surface area contributed by atoms with E-state index in [0.717, 1.165) is 9.39 Å². The molecule has 12 heavy (non-hydrogen) atoms. The van der Waals surface area contributed by atoms with Crippen LogP contribution < -0.4 is 5.73 Å². The topological polar surface area (TPSA) is 51.8 Å². The molecule has 0 aromatic carbocycles. The summed E-state index contributed by atoms with van der Waals surface area (Å²) in [5.74, 6) is 2.12. The molecule has 0 amide bonds. The van der Waals surface area contributed by atoms with Gasteiger partial charge in [-0.25, -0.2) is 9.97 Å². The van der Waals surface area contributed by atoms with E-state index < -0.39 is 0 Å². The Kier molecular flexibility index (Phi) is 2.16. The molecule has 1 heterocycles. The summed E-state index contributed by atoms with van der Waals surface area (Å²) >= 11 is 2.14. The normalized spacial score (nSPS) is 17.4. The molecule has 1 aromatic heterocycles. The summed E-state index contributed by atoms with van der Waals surface area (Å²) in [5, 5.41) is 0. The zero-order chi connectivity index (χ0) is 8.55. The summed E-state index contributed by atoms with van der Waals surface area (Å²) in [7, 11) is 0. The predicted octanol–water partition coefficient (Wildman–Crippen LogP) is 1.93. The van der Waals surface area contributed by atoms with Crippen molar-refractivity contribution in [1.29, 1.82) is 0 Å². The molecule has 0 unspecified atom stereocenters. The number of hydrogen-bond acceptors (Lipinski definition) is 3. The number of nitrogens with zero attached hydrogens (tertiary/aromatic N) is 2. The minimum Gasteiger partial charge on any atom is -0.383 e. The predicted molar refractivity (Wildman–Crippen MR) is 55.8 cm³/mol. The van der Waals surface area contributed by atoms with Gasteiger partial charge >= 0.3 is 0 Å². The molecule has 2 rings (SSSR count). The third kappa shape index (κ3) is 1.39. The van der Waals surface area contributed by atoms with Crippen molar-refractivity contribution in [2.75, 3.05) is 5.73 Å².